The van der Waals surface area contributed by atoms with Crippen LogP contribution in [-0.4, -0.2) is 16.5 Å². The molecule has 1 heterocycles. The van der Waals surface area contributed by atoms with Crippen LogP contribution in [-0.2, 0) is 0 Å². The molecule has 1 aromatic heterocycles. The number of benzene rings is 1. The van der Waals surface area contributed by atoms with Crippen LogP contribution in [0.3, 0.4) is 0 Å². The van der Waals surface area contributed by atoms with Crippen molar-refractivity contribution in [1.82, 2.24) is 9.97 Å². The molecule has 5 heteroatoms. The van der Waals surface area contributed by atoms with Crippen molar-refractivity contribution in [3.8, 4) is 0 Å². The molecule has 0 aliphatic rings. The summed E-state index contributed by atoms with van der Waals surface area (Å²) in [5.41, 5.74) is 9.22. The molecule has 0 fully saturated rings. The normalized spacial score (nSPS) is 10.5. The van der Waals surface area contributed by atoms with Crippen molar-refractivity contribution in [2.24, 2.45) is 0 Å². The summed E-state index contributed by atoms with van der Waals surface area (Å²) in [5, 5.41) is 0.352. The van der Waals surface area contributed by atoms with E-state index in [1.165, 1.54) is 11.1 Å². The molecule has 2 N–H and O–H groups in total. The van der Waals surface area contributed by atoms with E-state index in [2.05, 4.69) is 53.8 Å². The molecule has 1 aromatic carbocycles. The highest BCUT2D eigenvalue weighted by Crippen LogP contribution is 2.27. The van der Waals surface area contributed by atoms with Gasteiger partial charge in [0, 0.05) is 18.3 Å². The zero-order valence-electron chi connectivity index (χ0n) is 11.3. The number of halogens is 1. The molecule has 100 valence electrons. The van der Waals surface area contributed by atoms with Crippen LogP contribution in [0, 0.1) is 13.8 Å². The van der Waals surface area contributed by atoms with Gasteiger partial charge in [-0.15, -0.1) is 0 Å². The van der Waals surface area contributed by atoms with Crippen LogP contribution in [0.2, 0.25) is 5.15 Å². The summed E-state index contributed by atoms with van der Waals surface area (Å²) >= 11 is 5.94. The molecule has 0 saturated heterocycles. The molecular weight excluding hydrogens is 260 g/mol. The maximum Gasteiger partial charge on any atom is 0.223 e. The minimum absolute atomic E-state index is 0.185. The van der Waals surface area contributed by atoms with Crippen LogP contribution in [0.5, 0.6) is 0 Å². The molecule has 19 heavy (non-hydrogen) atoms. The summed E-state index contributed by atoms with van der Waals surface area (Å²) in [5.74, 6) is 0.896. The van der Waals surface area contributed by atoms with Gasteiger partial charge in [-0.3, -0.25) is 0 Å². The second kappa shape index (κ2) is 5.45. The molecule has 2 aromatic rings. The fourth-order valence-electron chi connectivity index (χ4n) is 1.93. The van der Waals surface area contributed by atoms with Gasteiger partial charge in [0.1, 0.15) is 11.0 Å². The standard InChI is InChI=1S/C14H17ClN4/c1-4-19(11-6-5-9(2)10(3)7-11)13-8-12(15)17-14(16)18-13/h5-8H,4H2,1-3H3,(H2,16,17,18). The van der Waals surface area contributed by atoms with E-state index in [0.717, 1.165) is 12.2 Å². The Morgan fingerprint density at radius 2 is 1.89 bits per heavy atom. The molecule has 0 radical (unpaired) electrons. The molecular formula is C14H17ClN4. The van der Waals surface area contributed by atoms with E-state index < -0.39 is 0 Å². The van der Waals surface area contributed by atoms with Gasteiger partial charge >= 0.3 is 0 Å². The third-order valence-corrected chi connectivity index (χ3v) is 3.29. The summed E-state index contributed by atoms with van der Waals surface area (Å²) in [6.45, 7) is 7.01. The number of hydrogen-bond donors (Lipinski definition) is 1. The number of aromatic nitrogens is 2. The summed E-state index contributed by atoms with van der Waals surface area (Å²) in [4.78, 5) is 10.2. The summed E-state index contributed by atoms with van der Waals surface area (Å²) in [7, 11) is 0. The monoisotopic (exact) mass is 276 g/mol. The zero-order valence-corrected chi connectivity index (χ0v) is 12.1. The van der Waals surface area contributed by atoms with Crippen molar-refractivity contribution in [2.75, 3.05) is 17.2 Å². The molecule has 0 unspecified atom stereocenters. The van der Waals surface area contributed by atoms with E-state index in [-0.39, 0.29) is 5.95 Å². The number of nitrogens with two attached hydrogens (primary N) is 1. The highest BCUT2D eigenvalue weighted by molar-refractivity contribution is 6.29. The zero-order chi connectivity index (χ0) is 14.0. The Balaban J connectivity index is 2.46. The third kappa shape index (κ3) is 2.96. The highest BCUT2D eigenvalue weighted by Gasteiger charge is 2.11. The number of nitrogen functional groups attached to an aromatic ring is 1. The van der Waals surface area contributed by atoms with Crippen LogP contribution < -0.4 is 10.6 Å². The van der Waals surface area contributed by atoms with Crippen LogP contribution >= 0.6 is 11.6 Å². The Bertz CT molecular complexity index is 578. The van der Waals surface area contributed by atoms with Gasteiger partial charge in [0.2, 0.25) is 5.95 Å². The van der Waals surface area contributed by atoms with Crippen LogP contribution in [0.15, 0.2) is 24.3 Å². The molecule has 0 bridgehead atoms. The van der Waals surface area contributed by atoms with Gasteiger partial charge in [-0.1, -0.05) is 17.7 Å². The quantitative estimate of drug-likeness (QED) is 0.872. The molecule has 0 spiro atoms. The van der Waals surface area contributed by atoms with Crippen molar-refractivity contribution in [2.45, 2.75) is 20.8 Å². The lowest BCUT2D eigenvalue weighted by Gasteiger charge is -2.23. The number of rotatable bonds is 3. The largest absolute Gasteiger partial charge is 0.368 e. The molecule has 0 aliphatic heterocycles. The Kier molecular flexibility index (Phi) is 3.90. The minimum atomic E-state index is 0.185. The Morgan fingerprint density at radius 1 is 1.16 bits per heavy atom. The van der Waals surface area contributed by atoms with E-state index in [4.69, 9.17) is 17.3 Å². The van der Waals surface area contributed by atoms with Gasteiger partial charge < -0.3 is 10.6 Å². The summed E-state index contributed by atoms with van der Waals surface area (Å²) < 4.78 is 0. The van der Waals surface area contributed by atoms with Gasteiger partial charge in [-0.05, 0) is 44.0 Å². The molecule has 0 atom stereocenters. The second-order valence-electron chi connectivity index (χ2n) is 4.42. The molecule has 4 nitrogen and oxygen atoms in total. The molecule has 0 saturated carbocycles. The second-order valence-corrected chi connectivity index (χ2v) is 4.81. The lowest BCUT2D eigenvalue weighted by Crippen LogP contribution is -2.18. The average molecular weight is 277 g/mol. The lowest BCUT2D eigenvalue weighted by molar-refractivity contribution is 0.978. The van der Waals surface area contributed by atoms with Crippen LogP contribution in [0.25, 0.3) is 0 Å². The first-order valence-electron chi connectivity index (χ1n) is 6.16. The first-order chi connectivity index (χ1) is 9.01. The van der Waals surface area contributed by atoms with Gasteiger partial charge in [-0.25, -0.2) is 4.98 Å². The molecule has 0 amide bonds. The van der Waals surface area contributed by atoms with Gasteiger partial charge in [-0.2, -0.15) is 4.98 Å². The maximum atomic E-state index is 5.94. The third-order valence-electron chi connectivity index (χ3n) is 3.09. The van der Waals surface area contributed by atoms with Crippen molar-refractivity contribution in [3.63, 3.8) is 0 Å². The fourth-order valence-corrected chi connectivity index (χ4v) is 2.12. The SMILES string of the molecule is CCN(c1ccc(C)c(C)c1)c1cc(Cl)nc(N)n1. The topological polar surface area (TPSA) is 55.0 Å². The number of anilines is 3. The Labute approximate surface area is 118 Å². The van der Waals surface area contributed by atoms with Gasteiger partial charge in [0.05, 0.1) is 0 Å². The number of nitrogens with zero attached hydrogens (tertiary/aromatic N) is 3. The smallest absolute Gasteiger partial charge is 0.223 e. The average Bonchev–Trinajstić information content (AvgIpc) is 2.33. The molecule has 0 aliphatic carbocycles. The highest BCUT2D eigenvalue weighted by atomic mass is 35.5. The van der Waals surface area contributed by atoms with Crippen LogP contribution in [0.1, 0.15) is 18.1 Å². The van der Waals surface area contributed by atoms with E-state index in [1.54, 1.807) is 6.07 Å². The van der Waals surface area contributed by atoms with Gasteiger partial charge in [0.15, 0.2) is 0 Å². The minimum Gasteiger partial charge on any atom is -0.368 e. The Hall–Kier alpha value is -1.81. The lowest BCUT2D eigenvalue weighted by atomic mass is 10.1. The summed E-state index contributed by atoms with van der Waals surface area (Å²) in [6, 6.07) is 8.01. The van der Waals surface area contributed by atoms with E-state index >= 15 is 0 Å². The van der Waals surface area contributed by atoms with Crippen LogP contribution in [0.4, 0.5) is 17.5 Å². The number of aryl methyl sites for hydroxylation is 2. The Morgan fingerprint density at radius 3 is 2.47 bits per heavy atom. The fraction of sp³-hybridized carbons (Fsp3) is 0.286. The van der Waals surface area contributed by atoms with E-state index in [9.17, 15) is 0 Å². The van der Waals surface area contributed by atoms with Crippen molar-refractivity contribution >= 4 is 29.1 Å². The van der Waals surface area contributed by atoms with E-state index in [0.29, 0.717) is 11.0 Å². The first kappa shape index (κ1) is 13.6. The van der Waals surface area contributed by atoms with E-state index in [1.807, 2.05) is 0 Å². The number of hydrogen-bond acceptors (Lipinski definition) is 4. The first-order valence-corrected chi connectivity index (χ1v) is 6.54. The van der Waals surface area contributed by atoms with Gasteiger partial charge in [0.25, 0.3) is 0 Å². The predicted octanol–water partition coefficient (Wildman–Crippen LogP) is 3.49. The molecule has 2 rings (SSSR count). The summed E-state index contributed by atoms with van der Waals surface area (Å²) in [6.07, 6.45) is 0. The van der Waals surface area contributed by atoms with Crippen molar-refractivity contribution in [3.05, 3.63) is 40.5 Å². The van der Waals surface area contributed by atoms with Crippen molar-refractivity contribution < 1.29 is 0 Å². The van der Waals surface area contributed by atoms with Crippen molar-refractivity contribution in [1.29, 1.82) is 0 Å². The predicted molar refractivity (Wildman–Crippen MR) is 80.1 cm³/mol. The maximum absolute atomic E-state index is 5.94.